The monoisotopic (exact) mass is 526 g/mol. The summed E-state index contributed by atoms with van der Waals surface area (Å²) in [6, 6.07) is 6.08. The molecule has 1 aromatic heterocycles. The largest absolute Gasteiger partial charge is 0.335 e. The molecule has 0 saturated heterocycles. The van der Waals surface area contributed by atoms with Gasteiger partial charge >= 0.3 is 0 Å². The van der Waals surface area contributed by atoms with E-state index in [0.717, 1.165) is 67.0 Å². The van der Waals surface area contributed by atoms with Gasteiger partial charge in [0.1, 0.15) is 0 Å². The van der Waals surface area contributed by atoms with Crippen LogP contribution >= 0.6 is 11.6 Å². The Morgan fingerprint density at radius 2 is 1.92 bits per heavy atom. The van der Waals surface area contributed by atoms with Gasteiger partial charge in [0, 0.05) is 27.1 Å². The Morgan fingerprint density at radius 3 is 2.61 bits per heavy atom. The Bertz CT molecular complexity index is 1400. The molecule has 2 aromatic rings. The molecule has 2 nitrogen and oxygen atoms in total. The molecule has 200 valence electrons. The predicted molar refractivity (Wildman–Crippen MR) is 164 cm³/mol. The molecule has 2 aliphatic heterocycles. The molecule has 2 atom stereocenters. The number of benzene rings is 1. The summed E-state index contributed by atoms with van der Waals surface area (Å²) in [5.41, 5.74) is 12.6. The Labute approximate surface area is 234 Å². The van der Waals surface area contributed by atoms with Crippen LogP contribution in [0.5, 0.6) is 0 Å². The number of aromatic nitrogens is 1. The standard InChI is InChI=1S/C35H43ClN2/c1-9-27-29-17-26(36)14-16-32(29)37-34-30(27)20-38-25(8)28-15-13-24(7)35(10-2,31(28)18-33(34)38)19-22(5)11-12-23(6)21(3)4/h14,16-18,21,23H,5,7-13,15,19-20H2,1-4,6H3. The number of halogens is 1. The van der Waals surface area contributed by atoms with E-state index in [2.05, 4.69) is 77.5 Å². The third-order valence-corrected chi connectivity index (χ3v) is 10.0. The number of pyridine rings is 1. The van der Waals surface area contributed by atoms with E-state index in [1.807, 2.05) is 6.07 Å². The first-order chi connectivity index (χ1) is 18.1. The van der Waals surface area contributed by atoms with Crippen molar-refractivity contribution in [1.82, 2.24) is 9.88 Å². The van der Waals surface area contributed by atoms with E-state index in [9.17, 15) is 0 Å². The molecular formula is C35H43ClN2. The van der Waals surface area contributed by atoms with Crippen LogP contribution in [0.1, 0.15) is 90.0 Å². The lowest BCUT2D eigenvalue weighted by Gasteiger charge is -2.46. The zero-order chi connectivity index (χ0) is 27.4. The maximum Gasteiger partial charge on any atom is 0.0927 e. The van der Waals surface area contributed by atoms with Gasteiger partial charge in [-0.15, -0.1) is 0 Å². The van der Waals surface area contributed by atoms with Crippen LogP contribution in [-0.2, 0) is 13.0 Å². The lowest BCUT2D eigenvalue weighted by molar-refractivity contribution is 0.357. The molecule has 1 aromatic carbocycles. The van der Waals surface area contributed by atoms with Crippen molar-refractivity contribution in [1.29, 1.82) is 0 Å². The number of hydrogen-bond donors (Lipinski definition) is 0. The number of allylic oxidation sites excluding steroid dienone is 5. The normalized spacial score (nSPS) is 21.6. The molecule has 0 spiro atoms. The molecule has 3 heteroatoms. The van der Waals surface area contributed by atoms with E-state index in [1.165, 1.54) is 50.9 Å². The molecule has 2 unspecified atom stereocenters. The highest BCUT2D eigenvalue weighted by molar-refractivity contribution is 6.31. The highest BCUT2D eigenvalue weighted by atomic mass is 35.5. The molecular weight excluding hydrogens is 484 g/mol. The van der Waals surface area contributed by atoms with Gasteiger partial charge in [-0.2, -0.15) is 0 Å². The third-order valence-electron chi connectivity index (χ3n) is 9.77. The Morgan fingerprint density at radius 1 is 1.16 bits per heavy atom. The van der Waals surface area contributed by atoms with Crippen LogP contribution in [0.15, 0.2) is 72.0 Å². The molecule has 0 amide bonds. The fraction of sp³-hybridized carbons (Fsp3) is 0.457. The van der Waals surface area contributed by atoms with Crippen molar-refractivity contribution in [3.8, 4) is 0 Å². The van der Waals surface area contributed by atoms with Crippen molar-refractivity contribution < 1.29 is 0 Å². The van der Waals surface area contributed by atoms with Crippen molar-refractivity contribution in [3.63, 3.8) is 0 Å². The molecule has 0 N–H and O–H groups in total. The van der Waals surface area contributed by atoms with Gasteiger partial charge in [-0.1, -0.05) is 77.1 Å². The summed E-state index contributed by atoms with van der Waals surface area (Å²) in [6.07, 6.45) is 9.70. The molecule has 38 heavy (non-hydrogen) atoms. The average molecular weight is 527 g/mol. The molecule has 5 rings (SSSR count). The lowest BCUT2D eigenvalue weighted by Crippen LogP contribution is -2.34. The molecule has 0 saturated carbocycles. The van der Waals surface area contributed by atoms with Crippen molar-refractivity contribution in [2.45, 2.75) is 86.1 Å². The van der Waals surface area contributed by atoms with Gasteiger partial charge < -0.3 is 4.90 Å². The second-order valence-electron chi connectivity index (χ2n) is 12.1. The Hall–Kier alpha value is -2.58. The first kappa shape index (κ1) is 27.0. The highest BCUT2D eigenvalue weighted by Gasteiger charge is 2.44. The van der Waals surface area contributed by atoms with Gasteiger partial charge in [0.15, 0.2) is 0 Å². The maximum absolute atomic E-state index is 6.40. The predicted octanol–water partition coefficient (Wildman–Crippen LogP) is 10.2. The van der Waals surface area contributed by atoms with E-state index in [-0.39, 0.29) is 5.41 Å². The summed E-state index contributed by atoms with van der Waals surface area (Å²) in [7, 11) is 0. The van der Waals surface area contributed by atoms with Gasteiger partial charge in [-0.3, -0.25) is 0 Å². The zero-order valence-electron chi connectivity index (χ0n) is 24.0. The summed E-state index contributed by atoms with van der Waals surface area (Å²) in [6.45, 7) is 26.3. The number of nitrogens with zero attached hydrogens (tertiary/aromatic N) is 2. The SMILES string of the molecule is C=C(CCC(C)C(C)C)CC1(CC)C(=C)CCC2=C1C=C1c3nc4ccc(Cl)cc4c(CC)c3CN1C2=C. The second-order valence-corrected chi connectivity index (χ2v) is 12.5. The molecule has 3 heterocycles. The quantitative estimate of drug-likeness (QED) is 0.318. The van der Waals surface area contributed by atoms with E-state index >= 15 is 0 Å². The number of aryl methyl sites for hydroxylation is 1. The van der Waals surface area contributed by atoms with Crippen molar-refractivity contribution >= 4 is 28.2 Å². The Kier molecular flexibility index (Phi) is 7.24. The van der Waals surface area contributed by atoms with Crippen molar-refractivity contribution in [2.75, 3.05) is 0 Å². The van der Waals surface area contributed by atoms with Crippen LogP contribution in [0.25, 0.3) is 16.6 Å². The first-order valence-electron chi connectivity index (χ1n) is 14.5. The van der Waals surface area contributed by atoms with Crippen molar-refractivity contribution in [3.05, 3.63) is 93.8 Å². The zero-order valence-corrected chi connectivity index (χ0v) is 24.8. The fourth-order valence-electron chi connectivity index (χ4n) is 6.90. The summed E-state index contributed by atoms with van der Waals surface area (Å²) in [4.78, 5) is 7.61. The van der Waals surface area contributed by atoms with Crippen LogP contribution in [0.4, 0.5) is 0 Å². The van der Waals surface area contributed by atoms with Crippen molar-refractivity contribution in [2.24, 2.45) is 17.3 Å². The van der Waals surface area contributed by atoms with E-state index in [1.54, 1.807) is 0 Å². The van der Waals surface area contributed by atoms with Crippen LogP contribution in [0.3, 0.4) is 0 Å². The smallest absolute Gasteiger partial charge is 0.0927 e. The summed E-state index contributed by atoms with van der Waals surface area (Å²) in [5, 5.41) is 1.94. The van der Waals surface area contributed by atoms with Gasteiger partial charge in [0.2, 0.25) is 0 Å². The van der Waals surface area contributed by atoms with Gasteiger partial charge in [-0.05, 0) is 97.8 Å². The average Bonchev–Trinajstić information content (AvgIpc) is 3.26. The minimum atomic E-state index is -0.0888. The first-order valence-corrected chi connectivity index (χ1v) is 14.9. The number of rotatable bonds is 8. The highest BCUT2D eigenvalue weighted by Crippen LogP contribution is 2.57. The molecule has 0 bridgehead atoms. The summed E-state index contributed by atoms with van der Waals surface area (Å²) < 4.78 is 0. The van der Waals surface area contributed by atoms with Gasteiger partial charge in [0.05, 0.1) is 23.5 Å². The van der Waals surface area contributed by atoms with Gasteiger partial charge in [-0.25, -0.2) is 4.98 Å². The fourth-order valence-corrected chi connectivity index (χ4v) is 7.08. The topological polar surface area (TPSA) is 16.1 Å². The van der Waals surface area contributed by atoms with Crippen LogP contribution in [0.2, 0.25) is 5.02 Å². The minimum Gasteiger partial charge on any atom is -0.335 e. The van der Waals surface area contributed by atoms with E-state index in [0.29, 0.717) is 11.8 Å². The molecule has 3 aliphatic rings. The second kappa shape index (κ2) is 10.2. The summed E-state index contributed by atoms with van der Waals surface area (Å²) >= 11 is 6.40. The number of hydrogen-bond acceptors (Lipinski definition) is 2. The minimum absolute atomic E-state index is 0.0888. The Balaban J connectivity index is 1.59. The van der Waals surface area contributed by atoms with Crippen LogP contribution in [0, 0.1) is 17.3 Å². The third kappa shape index (κ3) is 4.30. The van der Waals surface area contributed by atoms with E-state index < -0.39 is 0 Å². The molecule has 0 fully saturated rings. The van der Waals surface area contributed by atoms with Crippen LogP contribution < -0.4 is 0 Å². The summed E-state index contributed by atoms with van der Waals surface area (Å²) in [5.74, 6) is 1.41. The maximum atomic E-state index is 6.40. The number of fused-ring (bicyclic) bond motifs is 4. The molecule has 1 aliphatic carbocycles. The van der Waals surface area contributed by atoms with Crippen LogP contribution in [-0.4, -0.2) is 9.88 Å². The van der Waals surface area contributed by atoms with E-state index in [4.69, 9.17) is 16.6 Å². The lowest BCUT2D eigenvalue weighted by atomic mass is 9.61. The van der Waals surface area contributed by atoms with Gasteiger partial charge in [0.25, 0.3) is 0 Å². The molecule has 0 radical (unpaired) electrons.